The summed E-state index contributed by atoms with van der Waals surface area (Å²) >= 11 is 0. The van der Waals surface area contributed by atoms with E-state index in [1.54, 1.807) is 0 Å². The minimum atomic E-state index is -0.399. The molecule has 0 spiro atoms. The first-order valence-electron chi connectivity index (χ1n) is 5.13. The van der Waals surface area contributed by atoms with Crippen LogP contribution in [0.25, 0.3) is 0 Å². The van der Waals surface area contributed by atoms with Gasteiger partial charge in [0.25, 0.3) is 0 Å². The van der Waals surface area contributed by atoms with Crippen molar-refractivity contribution in [1.29, 1.82) is 0 Å². The molecule has 1 N–H and O–H groups in total. The second kappa shape index (κ2) is 3.01. The lowest BCUT2D eigenvalue weighted by atomic mass is 10.2. The number of carbonyl (C=O) groups is 1. The molecule has 0 radical (unpaired) electrons. The highest BCUT2D eigenvalue weighted by Gasteiger charge is 2.51. The molecular formula is C11H17NO2. The molecule has 0 unspecified atom stereocenters. The molecule has 78 valence electrons. The fraction of sp³-hybridized carbons (Fsp3) is 0.727. The van der Waals surface area contributed by atoms with E-state index in [1.165, 1.54) is 0 Å². The van der Waals surface area contributed by atoms with Gasteiger partial charge in [0.2, 0.25) is 0 Å². The Labute approximate surface area is 84.5 Å². The second-order valence-electron chi connectivity index (χ2n) is 5.08. The molecule has 0 saturated heterocycles. The number of rotatable bonds is 1. The molecule has 2 aliphatic rings. The van der Waals surface area contributed by atoms with Crippen molar-refractivity contribution in [3.63, 3.8) is 0 Å². The van der Waals surface area contributed by atoms with Gasteiger partial charge in [-0.3, -0.25) is 0 Å². The van der Waals surface area contributed by atoms with Crippen molar-refractivity contribution in [2.24, 2.45) is 11.8 Å². The first-order chi connectivity index (χ1) is 6.47. The van der Waals surface area contributed by atoms with Crippen LogP contribution in [-0.4, -0.2) is 17.7 Å². The van der Waals surface area contributed by atoms with Gasteiger partial charge in [0, 0.05) is 12.0 Å². The Morgan fingerprint density at radius 1 is 1.50 bits per heavy atom. The number of nitrogens with one attached hydrogen (secondary N) is 1. The van der Waals surface area contributed by atoms with Crippen molar-refractivity contribution in [2.75, 3.05) is 0 Å². The van der Waals surface area contributed by atoms with Crippen LogP contribution in [0.3, 0.4) is 0 Å². The van der Waals surface area contributed by atoms with Crippen LogP contribution in [0.2, 0.25) is 0 Å². The number of ether oxygens (including phenoxy) is 1. The summed E-state index contributed by atoms with van der Waals surface area (Å²) in [7, 11) is 0. The molecule has 0 aromatic rings. The molecule has 3 atom stereocenters. The Bertz CT molecular complexity index is 278. The van der Waals surface area contributed by atoms with Crippen LogP contribution < -0.4 is 5.32 Å². The minimum absolute atomic E-state index is 0.287. The fourth-order valence-electron chi connectivity index (χ4n) is 2.01. The summed E-state index contributed by atoms with van der Waals surface area (Å²) in [5, 5.41) is 2.90. The van der Waals surface area contributed by atoms with Gasteiger partial charge >= 0.3 is 6.09 Å². The van der Waals surface area contributed by atoms with Crippen LogP contribution >= 0.6 is 0 Å². The average molecular weight is 195 g/mol. The molecule has 0 heterocycles. The summed E-state index contributed by atoms with van der Waals surface area (Å²) in [5.41, 5.74) is -0.399. The molecule has 14 heavy (non-hydrogen) atoms. The average Bonchev–Trinajstić information content (AvgIpc) is 2.50. The van der Waals surface area contributed by atoms with Gasteiger partial charge in [-0.05, 0) is 33.1 Å². The monoisotopic (exact) mass is 195 g/mol. The Hall–Kier alpha value is -0.990. The summed E-state index contributed by atoms with van der Waals surface area (Å²) < 4.78 is 5.18. The molecule has 2 aliphatic carbocycles. The van der Waals surface area contributed by atoms with Crippen molar-refractivity contribution >= 4 is 6.09 Å². The Kier molecular flexibility index (Phi) is 2.05. The van der Waals surface area contributed by atoms with Crippen molar-refractivity contribution in [3.05, 3.63) is 12.2 Å². The van der Waals surface area contributed by atoms with Crippen molar-refractivity contribution in [1.82, 2.24) is 5.32 Å². The standard InChI is InChI=1S/C11H17NO2/c1-11(2,3)14-10(13)12-9-7-5-4-6-8(7)9/h4-5,7-9H,6H2,1-3H3,(H,12,13)/t7-,8+,9-/m1/s1. The van der Waals surface area contributed by atoms with E-state index >= 15 is 0 Å². The number of hydrogen-bond donors (Lipinski definition) is 1. The third-order valence-corrected chi connectivity index (χ3v) is 2.68. The lowest BCUT2D eigenvalue weighted by Gasteiger charge is -2.19. The van der Waals surface area contributed by atoms with Crippen LogP contribution in [0.1, 0.15) is 27.2 Å². The molecule has 0 aromatic carbocycles. The van der Waals surface area contributed by atoms with Crippen molar-refractivity contribution in [2.45, 2.75) is 38.8 Å². The number of allylic oxidation sites excluding steroid dienone is 1. The lowest BCUT2D eigenvalue weighted by molar-refractivity contribution is 0.0519. The first-order valence-corrected chi connectivity index (χ1v) is 5.13. The van der Waals surface area contributed by atoms with E-state index in [-0.39, 0.29) is 6.09 Å². The zero-order valence-electron chi connectivity index (χ0n) is 8.91. The zero-order valence-corrected chi connectivity index (χ0v) is 8.91. The predicted octanol–water partition coefficient (Wildman–Crippen LogP) is 2.09. The summed E-state index contributed by atoms with van der Waals surface area (Å²) in [6.07, 6.45) is 5.19. The highest BCUT2D eigenvalue weighted by Crippen LogP contribution is 2.47. The Morgan fingerprint density at radius 3 is 2.71 bits per heavy atom. The molecular weight excluding hydrogens is 178 g/mol. The van der Waals surface area contributed by atoms with Crippen LogP contribution in [0.4, 0.5) is 4.79 Å². The van der Waals surface area contributed by atoms with Gasteiger partial charge in [0.1, 0.15) is 5.60 Å². The molecule has 1 fully saturated rings. The smallest absolute Gasteiger partial charge is 0.407 e. The SMILES string of the molecule is CC(C)(C)OC(=O)N[C@@H]1[C@@H]2C=CC[C@@H]21. The number of carbonyl (C=O) groups excluding carboxylic acids is 1. The summed E-state index contributed by atoms with van der Waals surface area (Å²) in [5.74, 6) is 1.21. The lowest BCUT2D eigenvalue weighted by Crippen LogP contribution is -2.35. The van der Waals surface area contributed by atoms with Crippen molar-refractivity contribution < 1.29 is 9.53 Å². The third kappa shape index (κ3) is 1.91. The molecule has 3 nitrogen and oxygen atoms in total. The number of amides is 1. The topological polar surface area (TPSA) is 38.3 Å². The van der Waals surface area contributed by atoms with Crippen LogP contribution in [0.5, 0.6) is 0 Å². The van der Waals surface area contributed by atoms with Crippen LogP contribution in [0, 0.1) is 11.8 Å². The van der Waals surface area contributed by atoms with Gasteiger partial charge in [-0.25, -0.2) is 4.79 Å². The molecule has 1 amide bonds. The molecule has 0 aromatic heterocycles. The second-order valence-corrected chi connectivity index (χ2v) is 5.08. The van der Waals surface area contributed by atoms with E-state index in [0.29, 0.717) is 17.9 Å². The Morgan fingerprint density at radius 2 is 2.21 bits per heavy atom. The third-order valence-electron chi connectivity index (χ3n) is 2.68. The number of hydrogen-bond acceptors (Lipinski definition) is 2. The molecule has 0 aliphatic heterocycles. The summed E-state index contributed by atoms with van der Waals surface area (Å²) in [6, 6.07) is 0.329. The van der Waals surface area contributed by atoms with E-state index in [1.807, 2.05) is 20.8 Å². The maximum absolute atomic E-state index is 11.4. The maximum atomic E-state index is 11.4. The van der Waals surface area contributed by atoms with Gasteiger partial charge < -0.3 is 10.1 Å². The first kappa shape index (κ1) is 9.56. The predicted molar refractivity (Wildman–Crippen MR) is 53.9 cm³/mol. The zero-order chi connectivity index (χ0) is 10.3. The molecule has 1 saturated carbocycles. The van der Waals surface area contributed by atoms with E-state index in [0.717, 1.165) is 6.42 Å². The fourth-order valence-corrected chi connectivity index (χ4v) is 2.01. The number of fused-ring (bicyclic) bond motifs is 1. The van der Waals surface area contributed by atoms with E-state index < -0.39 is 5.60 Å². The normalized spacial score (nSPS) is 33.8. The van der Waals surface area contributed by atoms with Gasteiger partial charge in [-0.15, -0.1) is 0 Å². The quantitative estimate of drug-likeness (QED) is 0.650. The van der Waals surface area contributed by atoms with Crippen molar-refractivity contribution in [3.8, 4) is 0 Å². The van der Waals surface area contributed by atoms with Gasteiger partial charge in [0.15, 0.2) is 0 Å². The van der Waals surface area contributed by atoms with E-state index in [9.17, 15) is 4.79 Å². The highest BCUT2D eigenvalue weighted by molar-refractivity contribution is 5.69. The van der Waals surface area contributed by atoms with Crippen LogP contribution in [0.15, 0.2) is 12.2 Å². The largest absolute Gasteiger partial charge is 0.444 e. The van der Waals surface area contributed by atoms with Gasteiger partial charge in [0.05, 0.1) is 0 Å². The minimum Gasteiger partial charge on any atom is -0.444 e. The molecule has 2 rings (SSSR count). The highest BCUT2D eigenvalue weighted by atomic mass is 16.6. The maximum Gasteiger partial charge on any atom is 0.407 e. The van der Waals surface area contributed by atoms with Gasteiger partial charge in [-0.1, -0.05) is 12.2 Å². The Balaban J connectivity index is 1.77. The van der Waals surface area contributed by atoms with Crippen LogP contribution in [-0.2, 0) is 4.74 Å². The molecule has 0 bridgehead atoms. The van der Waals surface area contributed by atoms with E-state index in [4.69, 9.17) is 4.74 Å². The number of alkyl carbamates (subject to hydrolysis) is 1. The molecule has 3 heteroatoms. The summed E-state index contributed by atoms with van der Waals surface area (Å²) in [6.45, 7) is 5.63. The summed E-state index contributed by atoms with van der Waals surface area (Å²) in [4.78, 5) is 11.4. The van der Waals surface area contributed by atoms with Gasteiger partial charge in [-0.2, -0.15) is 0 Å². The van der Waals surface area contributed by atoms with E-state index in [2.05, 4.69) is 17.5 Å².